The average Bonchev–Trinajstić information content (AvgIpc) is 2.71. The molecule has 1 aromatic carbocycles. The largest absolute Gasteiger partial charge is 0.261 e. The molecule has 0 spiro atoms. The van der Waals surface area contributed by atoms with Crippen LogP contribution in [-0.4, -0.2) is 28.0 Å². The molecule has 2 heterocycles. The van der Waals surface area contributed by atoms with Crippen molar-refractivity contribution in [1.82, 2.24) is 19.9 Å². The SMILES string of the molecule is CC(C)(C)c1c([Si](C)(C)C)ccc(CP)c1CP(c1cnccn1)c1cnccn1. The van der Waals surface area contributed by atoms with Gasteiger partial charge in [-0.05, 0) is 28.3 Å². The lowest BCUT2D eigenvalue weighted by Gasteiger charge is -2.34. The fraction of sp³-hybridized carbons (Fsp3) is 0.391. The molecule has 1 atom stereocenters. The zero-order valence-corrected chi connectivity index (χ0v) is 21.9. The van der Waals surface area contributed by atoms with Crippen molar-refractivity contribution in [3.63, 3.8) is 0 Å². The molecule has 158 valence electrons. The maximum absolute atomic E-state index is 4.67. The molecule has 1 unspecified atom stereocenters. The van der Waals surface area contributed by atoms with Crippen LogP contribution in [0, 0.1) is 0 Å². The van der Waals surface area contributed by atoms with Gasteiger partial charge in [-0.25, -0.2) is 0 Å². The third-order valence-electron chi connectivity index (χ3n) is 5.16. The maximum Gasteiger partial charge on any atom is 0.0877 e. The summed E-state index contributed by atoms with van der Waals surface area (Å²) in [4.78, 5) is 18.0. The summed E-state index contributed by atoms with van der Waals surface area (Å²) >= 11 is 0. The van der Waals surface area contributed by atoms with E-state index in [-0.39, 0.29) is 5.41 Å². The molecule has 0 radical (unpaired) electrons. The van der Waals surface area contributed by atoms with Gasteiger partial charge in [0.05, 0.1) is 31.3 Å². The molecule has 0 N–H and O–H groups in total. The van der Waals surface area contributed by atoms with Gasteiger partial charge in [-0.3, -0.25) is 19.9 Å². The van der Waals surface area contributed by atoms with Crippen LogP contribution < -0.4 is 16.1 Å². The molecule has 0 saturated carbocycles. The summed E-state index contributed by atoms with van der Waals surface area (Å²) in [6, 6.07) is 4.73. The molecule has 0 bridgehead atoms. The van der Waals surface area contributed by atoms with Crippen LogP contribution >= 0.6 is 17.2 Å². The van der Waals surface area contributed by atoms with Gasteiger partial charge in [0.2, 0.25) is 0 Å². The molecule has 3 rings (SSSR count). The Morgan fingerprint density at radius 1 is 0.900 bits per heavy atom. The van der Waals surface area contributed by atoms with Gasteiger partial charge in [0.1, 0.15) is 0 Å². The van der Waals surface area contributed by atoms with Gasteiger partial charge < -0.3 is 0 Å². The van der Waals surface area contributed by atoms with Gasteiger partial charge >= 0.3 is 0 Å². The first-order valence-electron chi connectivity index (χ1n) is 10.3. The number of hydrogen-bond acceptors (Lipinski definition) is 4. The Morgan fingerprint density at radius 3 is 1.87 bits per heavy atom. The van der Waals surface area contributed by atoms with Crippen LogP contribution in [0.4, 0.5) is 0 Å². The van der Waals surface area contributed by atoms with E-state index in [1.807, 2.05) is 12.4 Å². The van der Waals surface area contributed by atoms with Crippen LogP contribution in [0.2, 0.25) is 19.6 Å². The molecule has 4 nitrogen and oxygen atoms in total. The number of rotatable bonds is 6. The first kappa shape index (κ1) is 23.1. The van der Waals surface area contributed by atoms with Crippen molar-refractivity contribution < 1.29 is 0 Å². The van der Waals surface area contributed by atoms with E-state index in [9.17, 15) is 0 Å². The van der Waals surface area contributed by atoms with Gasteiger partial charge in [-0.15, -0.1) is 9.24 Å². The lowest BCUT2D eigenvalue weighted by atomic mass is 9.82. The third-order valence-corrected chi connectivity index (χ3v) is 9.83. The summed E-state index contributed by atoms with van der Waals surface area (Å²) < 4.78 is 0. The van der Waals surface area contributed by atoms with Crippen molar-refractivity contribution in [2.24, 2.45) is 0 Å². The predicted octanol–water partition coefficient (Wildman–Crippen LogP) is 4.12. The number of benzene rings is 1. The van der Waals surface area contributed by atoms with E-state index in [1.54, 1.807) is 30.0 Å². The summed E-state index contributed by atoms with van der Waals surface area (Å²) in [6.07, 6.45) is 12.6. The van der Waals surface area contributed by atoms with Gasteiger partial charge in [-0.1, -0.05) is 57.7 Å². The highest BCUT2D eigenvalue weighted by Crippen LogP contribution is 2.41. The van der Waals surface area contributed by atoms with Gasteiger partial charge in [0.25, 0.3) is 0 Å². The fourth-order valence-corrected chi connectivity index (χ4v) is 8.15. The molecule has 0 amide bonds. The molecule has 30 heavy (non-hydrogen) atoms. The van der Waals surface area contributed by atoms with Crippen molar-refractivity contribution in [3.05, 3.63) is 66.0 Å². The van der Waals surface area contributed by atoms with Crippen LogP contribution in [0.15, 0.2) is 49.3 Å². The number of nitrogens with zero attached hydrogens (tertiary/aromatic N) is 4. The highest BCUT2D eigenvalue weighted by Gasteiger charge is 2.31. The van der Waals surface area contributed by atoms with E-state index < -0.39 is 16.0 Å². The molecule has 2 aromatic heterocycles. The predicted molar refractivity (Wildman–Crippen MR) is 135 cm³/mol. The number of hydrogen-bond donors (Lipinski definition) is 0. The van der Waals surface area contributed by atoms with Crippen LogP contribution in [0.5, 0.6) is 0 Å². The molecule has 0 saturated heterocycles. The number of aromatic nitrogens is 4. The van der Waals surface area contributed by atoms with E-state index in [1.165, 1.54) is 16.7 Å². The summed E-state index contributed by atoms with van der Waals surface area (Å²) in [7, 11) is 0.598. The Kier molecular flexibility index (Phi) is 7.17. The van der Waals surface area contributed by atoms with Gasteiger partial charge in [0, 0.05) is 38.9 Å². The highest BCUT2D eigenvalue weighted by atomic mass is 31.1. The molecular weight excluding hydrogens is 422 g/mol. The monoisotopic (exact) mass is 454 g/mol. The van der Waals surface area contributed by atoms with Crippen molar-refractivity contribution in [1.29, 1.82) is 0 Å². The van der Waals surface area contributed by atoms with E-state index in [4.69, 9.17) is 0 Å². The summed E-state index contributed by atoms with van der Waals surface area (Å²) in [5.41, 5.74) is 6.43. The quantitative estimate of drug-likeness (QED) is 0.415. The zero-order valence-electron chi connectivity index (χ0n) is 18.8. The Labute approximate surface area is 185 Å². The van der Waals surface area contributed by atoms with Crippen LogP contribution in [0.3, 0.4) is 0 Å². The zero-order chi connectivity index (χ0) is 21.9. The Morgan fingerprint density at radius 2 is 1.47 bits per heavy atom. The molecule has 3 aromatic rings. The lowest BCUT2D eigenvalue weighted by molar-refractivity contribution is 0.588. The second-order valence-corrected chi connectivity index (χ2v) is 17.1. The summed E-state index contributed by atoms with van der Waals surface area (Å²) in [5, 5.41) is 1.56. The topological polar surface area (TPSA) is 51.6 Å². The second kappa shape index (κ2) is 9.30. The molecule has 0 fully saturated rings. The van der Waals surface area contributed by atoms with Crippen LogP contribution in [0.25, 0.3) is 0 Å². The Balaban J connectivity index is 2.24. The van der Waals surface area contributed by atoms with Crippen molar-refractivity contribution >= 4 is 41.3 Å². The van der Waals surface area contributed by atoms with Crippen molar-refractivity contribution in [3.8, 4) is 0 Å². The Hall–Kier alpha value is -1.54. The van der Waals surface area contributed by atoms with E-state index in [0.29, 0.717) is 0 Å². The first-order chi connectivity index (χ1) is 14.1. The standard InChI is InChI=1S/C23H32N4P2Si/c1-23(2,3)22-18(17(15-28)7-8-19(22)30(4,5)6)16-29(20-13-24-9-11-26-20)21-14-25-10-12-27-21/h7-14H,15-16,28H2,1-6H3. The minimum Gasteiger partial charge on any atom is -0.261 e. The average molecular weight is 455 g/mol. The summed E-state index contributed by atoms with van der Waals surface area (Å²) in [6.45, 7) is 14.3. The van der Waals surface area contributed by atoms with Gasteiger partial charge in [0.15, 0.2) is 0 Å². The lowest BCUT2D eigenvalue weighted by Crippen LogP contribution is -2.44. The third kappa shape index (κ3) is 5.19. The van der Waals surface area contributed by atoms with E-state index in [2.05, 4.69) is 81.7 Å². The van der Waals surface area contributed by atoms with Crippen LogP contribution in [0.1, 0.15) is 37.5 Å². The molecule has 0 aliphatic heterocycles. The van der Waals surface area contributed by atoms with Crippen molar-refractivity contribution in [2.75, 3.05) is 0 Å². The highest BCUT2D eigenvalue weighted by molar-refractivity contribution is 7.71. The normalized spacial score (nSPS) is 12.4. The Bertz CT molecular complexity index is 944. The minimum absolute atomic E-state index is 0.0620. The van der Waals surface area contributed by atoms with Gasteiger partial charge in [-0.2, -0.15) is 0 Å². The molecule has 0 aliphatic rings. The van der Waals surface area contributed by atoms with E-state index in [0.717, 1.165) is 23.2 Å². The van der Waals surface area contributed by atoms with E-state index >= 15 is 0 Å². The molecule has 7 heteroatoms. The second-order valence-electron chi connectivity index (χ2n) is 9.54. The smallest absolute Gasteiger partial charge is 0.0877 e. The van der Waals surface area contributed by atoms with Crippen LogP contribution in [-0.2, 0) is 17.7 Å². The summed E-state index contributed by atoms with van der Waals surface area (Å²) in [5.74, 6) is 0. The minimum atomic E-state index is -1.52. The molecular formula is C23H32N4P2Si. The first-order valence-corrected chi connectivity index (χ1v) is 16.1. The van der Waals surface area contributed by atoms with Crippen molar-refractivity contribution in [2.45, 2.75) is 58.2 Å². The fourth-order valence-electron chi connectivity index (χ4n) is 3.84. The molecule has 0 aliphatic carbocycles. The maximum atomic E-state index is 4.67.